The molecule has 2 aromatic carbocycles. The fourth-order valence-electron chi connectivity index (χ4n) is 2.83. The Morgan fingerprint density at radius 3 is 2.52 bits per heavy atom. The van der Waals surface area contributed by atoms with E-state index in [2.05, 4.69) is 10.2 Å². The Kier molecular flexibility index (Phi) is 6.18. The van der Waals surface area contributed by atoms with Crippen molar-refractivity contribution in [2.75, 3.05) is 12.0 Å². The number of aromatic hydroxyl groups is 1. The minimum absolute atomic E-state index is 0.0217. The maximum absolute atomic E-state index is 12.7. The number of carbonyl (C=O) groups is 2. The summed E-state index contributed by atoms with van der Waals surface area (Å²) < 4.78 is 5.09. The van der Waals surface area contributed by atoms with Crippen LogP contribution in [0.3, 0.4) is 0 Å². The number of thioether (sulfide) groups is 1. The van der Waals surface area contributed by atoms with E-state index in [9.17, 15) is 14.7 Å². The first-order valence-electron chi connectivity index (χ1n) is 8.74. The number of amides is 2. The average molecular weight is 412 g/mol. The highest BCUT2D eigenvalue weighted by Crippen LogP contribution is 2.30. The molecule has 150 valence electrons. The molecule has 1 heterocycles. The van der Waals surface area contributed by atoms with Gasteiger partial charge in [-0.15, -0.1) is 5.10 Å². The molecule has 1 fully saturated rings. The Morgan fingerprint density at radius 2 is 1.86 bits per heavy atom. The number of methoxy groups -OCH3 is 1. The van der Waals surface area contributed by atoms with Crippen LogP contribution in [-0.2, 0) is 9.59 Å². The molecule has 0 saturated carbocycles. The molecule has 1 aliphatic rings. The number of benzene rings is 2. The lowest BCUT2D eigenvalue weighted by Crippen LogP contribution is -2.31. The van der Waals surface area contributed by atoms with Crippen LogP contribution in [-0.4, -0.2) is 40.2 Å². The number of phenolic OH excluding ortho intramolecular Hbond substituents is 1. The summed E-state index contributed by atoms with van der Waals surface area (Å²) in [6, 6.07) is 13.4. The zero-order valence-corrected chi connectivity index (χ0v) is 16.7. The third-order valence-corrected chi connectivity index (χ3v) is 5.27. The van der Waals surface area contributed by atoms with Gasteiger partial charge in [-0.1, -0.05) is 23.9 Å². The van der Waals surface area contributed by atoms with Gasteiger partial charge in [0.25, 0.3) is 0 Å². The summed E-state index contributed by atoms with van der Waals surface area (Å²) in [4.78, 5) is 26.2. The fourth-order valence-corrected chi connectivity index (χ4v) is 3.64. The Bertz CT molecular complexity index is 988. The van der Waals surface area contributed by atoms with Gasteiger partial charge in [0.15, 0.2) is 5.17 Å². The second-order valence-corrected chi connectivity index (χ2v) is 7.44. The number of anilines is 1. The minimum Gasteiger partial charge on any atom is -0.507 e. The zero-order valence-electron chi connectivity index (χ0n) is 15.9. The molecule has 3 N–H and O–H groups in total. The van der Waals surface area contributed by atoms with E-state index in [0.717, 1.165) is 16.7 Å². The molecule has 0 radical (unpaired) electrons. The molecule has 2 aromatic rings. The second-order valence-electron chi connectivity index (χ2n) is 6.22. The predicted octanol–water partition coefficient (Wildman–Crippen LogP) is 2.50. The topological polar surface area (TPSA) is 118 Å². The Labute approximate surface area is 172 Å². The molecule has 2 amide bonds. The highest BCUT2D eigenvalue weighted by Gasteiger charge is 2.40. The summed E-state index contributed by atoms with van der Waals surface area (Å²) in [5, 5.41) is 17.2. The van der Waals surface area contributed by atoms with Gasteiger partial charge in [-0.05, 0) is 43.3 Å². The van der Waals surface area contributed by atoms with Crippen molar-refractivity contribution in [1.29, 1.82) is 0 Å². The van der Waals surface area contributed by atoms with Crippen molar-refractivity contribution in [1.82, 2.24) is 0 Å². The minimum atomic E-state index is -0.672. The van der Waals surface area contributed by atoms with Crippen molar-refractivity contribution in [3.05, 3.63) is 54.1 Å². The van der Waals surface area contributed by atoms with Gasteiger partial charge in [0.2, 0.25) is 11.8 Å². The molecular weight excluding hydrogens is 392 g/mol. The van der Waals surface area contributed by atoms with E-state index in [1.165, 1.54) is 0 Å². The standard InChI is InChI=1S/C20H20N4O4S/c1-12(15-5-3-4-6-16(15)25)22-23-20(21)29-17-11-18(26)24(19(17)27)13-7-9-14(28-2)10-8-13/h3-10,17,25H,11H2,1-2H3,(H2,21,23)/b22-12-/t17-/m0/s1. The molecule has 1 aliphatic heterocycles. The van der Waals surface area contributed by atoms with E-state index >= 15 is 0 Å². The lowest BCUT2D eigenvalue weighted by Gasteiger charge is -2.15. The molecule has 9 heteroatoms. The van der Waals surface area contributed by atoms with Crippen molar-refractivity contribution < 1.29 is 19.4 Å². The highest BCUT2D eigenvalue weighted by atomic mass is 32.2. The average Bonchev–Trinajstić information content (AvgIpc) is 2.99. The zero-order chi connectivity index (χ0) is 21.0. The Morgan fingerprint density at radius 1 is 1.17 bits per heavy atom. The molecule has 0 bridgehead atoms. The van der Waals surface area contributed by atoms with E-state index in [1.807, 2.05) is 0 Å². The van der Waals surface area contributed by atoms with Gasteiger partial charge in [0.05, 0.1) is 18.5 Å². The Hall–Kier alpha value is -3.33. The van der Waals surface area contributed by atoms with E-state index < -0.39 is 5.25 Å². The molecule has 0 unspecified atom stereocenters. The van der Waals surface area contributed by atoms with Crippen LogP contribution in [0.15, 0.2) is 58.7 Å². The number of imide groups is 1. The summed E-state index contributed by atoms with van der Waals surface area (Å²) in [5.41, 5.74) is 7.38. The van der Waals surface area contributed by atoms with Gasteiger partial charge in [-0.2, -0.15) is 5.10 Å². The number of amidine groups is 1. The summed E-state index contributed by atoms with van der Waals surface area (Å²) in [6.07, 6.45) is 0.0217. The number of carbonyl (C=O) groups excluding carboxylic acids is 2. The van der Waals surface area contributed by atoms with Crippen LogP contribution in [0.2, 0.25) is 0 Å². The van der Waals surface area contributed by atoms with Gasteiger partial charge < -0.3 is 15.6 Å². The van der Waals surface area contributed by atoms with Gasteiger partial charge >= 0.3 is 0 Å². The number of nitrogens with two attached hydrogens (primary N) is 1. The number of rotatable bonds is 5. The molecule has 8 nitrogen and oxygen atoms in total. The van der Waals surface area contributed by atoms with Crippen molar-refractivity contribution in [2.24, 2.45) is 15.9 Å². The molecule has 1 saturated heterocycles. The molecule has 0 spiro atoms. The van der Waals surface area contributed by atoms with Crippen molar-refractivity contribution >= 4 is 40.1 Å². The third kappa shape index (κ3) is 4.57. The van der Waals surface area contributed by atoms with Crippen molar-refractivity contribution in [3.63, 3.8) is 0 Å². The SMILES string of the molecule is COc1ccc(N2C(=O)C[C@H](SC(N)=N/N=C(/C)c3ccccc3O)C2=O)cc1. The van der Waals surface area contributed by atoms with Gasteiger partial charge in [-0.25, -0.2) is 4.90 Å². The largest absolute Gasteiger partial charge is 0.507 e. The molecule has 0 aromatic heterocycles. The number of para-hydroxylation sites is 1. The number of phenols is 1. The smallest absolute Gasteiger partial charge is 0.247 e. The van der Waals surface area contributed by atoms with Crippen molar-refractivity contribution in [3.8, 4) is 11.5 Å². The third-order valence-electron chi connectivity index (χ3n) is 4.29. The van der Waals surface area contributed by atoms with Gasteiger partial charge in [0, 0.05) is 12.0 Å². The first-order valence-corrected chi connectivity index (χ1v) is 9.62. The maximum atomic E-state index is 12.7. The van der Waals surface area contributed by atoms with E-state index in [4.69, 9.17) is 10.5 Å². The summed E-state index contributed by atoms with van der Waals surface area (Å²) in [5.74, 6) is 0.0544. The van der Waals surface area contributed by atoms with Crippen LogP contribution in [0, 0.1) is 0 Å². The predicted molar refractivity (Wildman–Crippen MR) is 113 cm³/mol. The summed E-state index contributed by atoms with van der Waals surface area (Å²) in [7, 11) is 1.54. The molecule has 3 rings (SSSR count). The monoisotopic (exact) mass is 412 g/mol. The summed E-state index contributed by atoms with van der Waals surface area (Å²) in [6.45, 7) is 1.69. The van der Waals surface area contributed by atoms with Crippen LogP contribution in [0.5, 0.6) is 11.5 Å². The number of nitrogens with zero attached hydrogens (tertiary/aromatic N) is 3. The molecule has 0 aliphatic carbocycles. The van der Waals surface area contributed by atoms with E-state index in [-0.39, 0.29) is 29.2 Å². The number of hydrogen-bond acceptors (Lipinski definition) is 7. The van der Waals surface area contributed by atoms with E-state index in [1.54, 1.807) is 62.6 Å². The van der Waals surface area contributed by atoms with Crippen LogP contribution in [0.25, 0.3) is 0 Å². The van der Waals surface area contributed by atoms with Crippen molar-refractivity contribution in [2.45, 2.75) is 18.6 Å². The summed E-state index contributed by atoms with van der Waals surface area (Å²) >= 11 is 0.988. The lowest BCUT2D eigenvalue weighted by molar-refractivity contribution is -0.121. The molecule has 29 heavy (non-hydrogen) atoms. The van der Waals surface area contributed by atoms with Crippen LogP contribution < -0.4 is 15.4 Å². The number of hydrogen-bond donors (Lipinski definition) is 2. The Balaban J connectivity index is 1.70. The maximum Gasteiger partial charge on any atom is 0.247 e. The van der Waals surface area contributed by atoms with Crippen LogP contribution in [0.1, 0.15) is 18.9 Å². The first kappa shape index (κ1) is 20.4. The first-order chi connectivity index (χ1) is 13.9. The van der Waals surface area contributed by atoms with Gasteiger partial charge in [0.1, 0.15) is 16.7 Å². The second kappa shape index (κ2) is 8.78. The fraction of sp³-hybridized carbons (Fsp3) is 0.200. The quantitative estimate of drug-likeness (QED) is 0.337. The van der Waals surface area contributed by atoms with Gasteiger partial charge in [-0.3, -0.25) is 9.59 Å². The van der Waals surface area contributed by atoms with Crippen LogP contribution in [0.4, 0.5) is 5.69 Å². The molecular formula is C20H20N4O4S. The highest BCUT2D eigenvalue weighted by molar-refractivity contribution is 8.14. The van der Waals surface area contributed by atoms with E-state index in [0.29, 0.717) is 22.7 Å². The lowest BCUT2D eigenvalue weighted by atomic mass is 10.1. The van der Waals surface area contributed by atoms with Crippen LogP contribution >= 0.6 is 11.8 Å². The number of ether oxygens (including phenoxy) is 1. The normalized spacial score (nSPS) is 17.7. The molecule has 1 atom stereocenters.